The third-order valence-electron chi connectivity index (χ3n) is 3.04. The maximum Gasteiger partial charge on any atom is 0.135 e. The highest BCUT2D eigenvalue weighted by atomic mass is 16.1. The topological polar surface area (TPSA) is 58.7 Å². The van der Waals surface area contributed by atoms with Crippen LogP contribution in [0.4, 0.5) is 0 Å². The summed E-state index contributed by atoms with van der Waals surface area (Å²) < 4.78 is 1.76. The summed E-state index contributed by atoms with van der Waals surface area (Å²) in [5, 5.41) is 12.8. The van der Waals surface area contributed by atoms with Gasteiger partial charge >= 0.3 is 0 Å². The molecule has 1 aliphatic carbocycles. The van der Waals surface area contributed by atoms with E-state index in [-0.39, 0.29) is 6.04 Å². The minimum absolute atomic E-state index is 0.133. The van der Waals surface area contributed by atoms with Crippen molar-refractivity contribution < 1.29 is 4.79 Å². The second-order valence-electron chi connectivity index (χ2n) is 4.15. The largest absolute Gasteiger partial charge is 0.300 e. The van der Waals surface area contributed by atoms with Crippen LogP contribution in [0.3, 0.4) is 0 Å². The number of ketones is 1. The van der Waals surface area contributed by atoms with Crippen molar-refractivity contribution in [2.24, 2.45) is 5.92 Å². The predicted molar refractivity (Wildman–Crippen MR) is 54.0 cm³/mol. The van der Waals surface area contributed by atoms with E-state index in [1.54, 1.807) is 17.1 Å². The van der Waals surface area contributed by atoms with Crippen molar-refractivity contribution in [1.82, 2.24) is 9.78 Å². The van der Waals surface area contributed by atoms with Gasteiger partial charge in [0.1, 0.15) is 11.9 Å². The molecule has 1 aliphatic rings. The standard InChI is InChI=1S/C11H13N3O/c1-8-2-3-10(15)4-11(8)14-7-9(5-12)6-13-14/h6-8,11H,2-4H2,1H3. The zero-order valence-corrected chi connectivity index (χ0v) is 8.68. The van der Waals surface area contributed by atoms with Crippen LogP contribution >= 0.6 is 0 Å². The van der Waals surface area contributed by atoms with E-state index in [1.807, 2.05) is 6.07 Å². The molecule has 4 nitrogen and oxygen atoms in total. The van der Waals surface area contributed by atoms with Crippen LogP contribution in [0, 0.1) is 17.2 Å². The molecule has 78 valence electrons. The molecule has 4 heteroatoms. The number of Topliss-reactive ketones (excluding diaryl/α,β-unsaturated/α-hetero) is 1. The van der Waals surface area contributed by atoms with Gasteiger partial charge in [-0.1, -0.05) is 6.92 Å². The van der Waals surface area contributed by atoms with Gasteiger partial charge in [0.2, 0.25) is 0 Å². The van der Waals surface area contributed by atoms with Crippen molar-refractivity contribution >= 4 is 5.78 Å². The van der Waals surface area contributed by atoms with Crippen LogP contribution in [0.15, 0.2) is 12.4 Å². The Morgan fingerprint density at radius 2 is 2.47 bits per heavy atom. The summed E-state index contributed by atoms with van der Waals surface area (Å²) in [6, 6.07) is 2.18. The summed E-state index contributed by atoms with van der Waals surface area (Å²) in [5.41, 5.74) is 0.556. The SMILES string of the molecule is CC1CCC(=O)CC1n1cc(C#N)cn1. The molecule has 1 aromatic heterocycles. The summed E-state index contributed by atoms with van der Waals surface area (Å²) in [5.74, 6) is 0.751. The van der Waals surface area contributed by atoms with E-state index in [0.29, 0.717) is 30.1 Å². The van der Waals surface area contributed by atoms with Crippen LogP contribution in [0.25, 0.3) is 0 Å². The number of hydrogen-bond donors (Lipinski definition) is 0. The van der Waals surface area contributed by atoms with E-state index in [9.17, 15) is 4.79 Å². The fourth-order valence-corrected chi connectivity index (χ4v) is 2.05. The number of carbonyl (C=O) groups is 1. The Balaban J connectivity index is 2.21. The Morgan fingerprint density at radius 1 is 1.67 bits per heavy atom. The maximum absolute atomic E-state index is 11.4. The Hall–Kier alpha value is -1.63. The maximum atomic E-state index is 11.4. The average molecular weight is 203 g/mol. The van der Waals surface area contributed by atoms with Gasteiger partial charge in [-0.05, 0) is 12.3 Å². The van der Waals surface area contributed by atoms with Gasteiger partial charge in [0.15, 0.2) is 0 Å². The quantitative estimate of drug-likeness (QED) is 0.697. The van der Waals surface area contributed by atoms with Crippen LogP contribution in [-0.4, -0.2) is 15.6 Å². The molecule has 1 heterocycles. The lowest BCUT2D eigenvalue weighted by Gasteiger charge is -2.27. The molecule has 0 bridgehead atoms. The molecular weight excluding hydrogens is 190 g/mol. The minimum atomic E-state index is 0.133. The molecule has 0 radical (unpaired) electrons. The monoisotopic (exact) mass is 203 g/mol. The Kier molecular flexibility index (Phi) is 2.55. The zero-order valence-electron chi connectivity index (χ0n) is 8.68. The molecule has 2 rings (SSSR count). The number of aromatic nitrogens is 2. The molecule has 0 saturated heterocycles. The first kappa shape index (κ1) is 9.91. The summed E-state index contributed by atoms with van der Waals surface area (Å²) in [6.45, 7) is 2.13. The Labute approximate surface area is 88.5 Å². The van der Waals surface area contributed by atoms with E-state index >= 15 is 0 Å². The minimum Gasteiger partial charge on any atom is -0.300 e. The van der Waals surface area contributed by atoms with E-state index in [0.717, 1.165) is 6.42 Å². The normalized spacial score (nSPS) is 26.3. The summed E-state index contributed by atoms with van der Waals surface area (Å²) in [4.78, 5) is 11.4. The Morgan fingerprint density at radius 3 is 3.13 bits per heavy atom. The van der Waals surface area contributed by atoms with Gasteiger partial charge in [-0.15, -0.1) is 0 Å². The highest BCUT2D eigenvalue weighted by Crippen LogP contribution is 2.31. The molecule has 1 saturated carbocycles. The van der Waals surface area contributed by atoms with E-state index in [2.05, 4.69) is 12.0 Å². The van der Waals surface area contributed by atoms with Gasteiger partial charge in [0.05, 0.1) is 17.8 Å². The highest BCUT2D eigenvalue weighted by molar-refractivity contribution is 5.79. The van der Waals surface area contributed by atoms with E-state index < -0.39 is 0 Å². The molecule has 2 atom stereocenters. The fourth-order valence-electron chi connectivity index (χ4n) is 2.05. The molecule has 0 aliphatic heterocycles. The number of carbonyl (C=O) groups excluding carboxylic acids is 1. The lowest BCUT2D eigenvalue weighted by atomic mass is 9.85. The summed E-state index contributed by atoms with van der Waals surface area (Å²) in [7, 11) is 0. The zero-order chi connectivity index (χ0) is 10.8. The highest BCUT2D eigenvalue weighted by Gasteiger charge is 2.27. The van der Waals surface area contributed by atoms with Gasteiger partial charge < -0.3 is 0 Å². The third kappa shape index (κ3) is 1.91. The lowest BCUT2D eigenvalue weighted by molar-refractivity contribution is -0.122. The molecule has 15 heavy (non-hydrogen) atoms. The summed E-state index contributed by atoms with van der Waals surface area (Å²) in [6.07, 6.45) is 5.43. The number of hydrogen-bond acceptors (Lipinski definition) is 3. The molecule has 1 fully saturated rings. The van der Waals surface area contributed by atoms with Crippen LogP contribution in [-0.2, 0) is 4.79 Å². The smallest absolute Gasteiger partial charge is 0.135 e. The van der Waals surface area contributed by atoms with Gasteiger partial charge in [-0.2, -0.15) is 10.4 Å². The third-order valence-corrected chi connectivity index (χ3v) is 3.04. The second kappa shape index (κ2) is 3.85. The molecule has 0 aromatic carbocycles. The Bertz CT molecular complexity index is 416. The van der Waals surface area contributed by atoms with Gasteiger partial charge in [0, 0.05) is 19.0 Å². The van der Waals surface area contributed by atoms with Gasteiger partial charge in [-0.3, -0.25) is 9.48 Å². The molecule has 0 spiro atoms. The van der Waals surface area contributed by atoms with Crippen molar-refractivity contribution in [3.05, 3.63) is 18.0 Å². The van der Waals surface area contributed by atoms with Crippen molar-refractivity contribution in [3.63, 3.8) is 0 Å². The lowest BCUT2D eigenvalue weighted by Crippen LogP contribution is -2.26. The van der Waals surface area contributed by atoms with Gasteiger partial charge in [-0.25, -0.2) is 0 Å². The molecular formula is C11H13N3O. The predicted octanol–water partition coefficient (Wildman–Crippen LogP) is 1.68. The van der Waals surface area contributed by atoms with Crippen molar-refractivity contribution in [1.29, 1.82) is 5.26 Å². The van der Waals surface area contributed by atoms with Crippen LogP contribution < -0.4 is 0 Å². The number of nitrogens with zero attached hydrogens (tertiary/aromatic N) is 3. The number of nitriles is 1. The molecule has 0 N–H and O–H groups in total. The van der Waals surface area contributed by atoms with Crippen LogP contribution in [0.5, 0.6) is 0 Å². The first-order chi connectivity index (χ1) is 7.20. The molecule has 2 unspecified atom stereocenters. The van der Waals surface area contributed by atoms with E-state index in [1.165, 1.54) is 0 Å². The first-order valence-electron chi connectivity index (χ1n) is 5.16. The van der Waals surface area contributed by atoms with Crippen molar-refractivity contribution in [2.75, 3.05) is 0 Å². The fraction of sp³-hybridized carbons (Fsp3) is 0.545. The molecule has 0 amide bonds. The van der Waals surface area contributed by atoms with E-state index in [4.69, 9.17) is 5.26 Å². The summed E-state index contributed by atoms with van der Waals surface area (Å²) >= 11 is 0. The van der Waals surface area contributed by atoms with Crippen LogP contribution in [0.1, 0.15) is 37.8 Å². The number of rotatable bonds is 1. The van der Waals surface area contributed by atoms with Crippen molar-refractivity contribution in [2.45, 2.75) is 32.2 Å². The van der Waals surface area contributed by atoms with Gasteiger partial charge in [0.25, 0.3) is 0 Å². The van der Waals surface area contributed by atoms with Crippen molar-refractivity contribution in [3.8, 4) is 6.07 Å². The second-order valence-corrected chi connectivity index (χ2v) is 4.15. The first-order valence-corrected chi connectivity index (χ1v) is 5.16. The van der Waals surface area contributed by atoms with Crippen LogP contribution in [0.2, 0.25) is 0 Å². The molecule has 1 aromatic rings. The average Bonchev–Trinajstić information content (AvgIpc) is 2.70.